The van der Waals surface area contributed by atoms with Crippen molar-refractivity contribution in [3.05, 3.63) is 35.4 Å². The molecule has 0 saturated heterocycles. The Balaban J connectivity index is 2.20. The molecule has 0 bridgehead atoms. The third-order valence-corrected chi connectivity index (χ3v) is 3.98. The standard InChI is InChI=1S/C14H20F2N2/c1-9(10-3-4-10)18(2)14(8-17)12-6-5-11(15)7-13(12)16/h5-7,9-10,14H,3-4,8,17H2,1-2H3. The average Bonchev–Trinajstić information content (AvgIpc) is 3.15. The fourth-order valence-corrected chi connectivity index (χ4v) is 2.48. The quantitative estimate of drug-likeness (QED) is 0.875. The van der Waals surface area contributed by atoms with Crippen molar-refractivity contribution in [3.8, 4) is 0 Å². The van der Waals surface area contributed by atoms with Crippen molar-refractivity contribution in [1.29, 1.82) is 0 Å². The van der Waals surface area contributed by atoms with Gasteiger partial charge in [0.15, 0.2) is 0 Å². The molecule has 2 N–H and O–H groups in total. The van der Waals surface area contributed by atoms with Gasteiger partial charge in [0.25, 0.3) is 0 Å². The second kappa shape index (κ2) is 5.33. The maximum Gasteiger partial charge on any atom is 0.130 e. The van der Waals surface area contributed by atoms with Gasteiger partial charge in [-0.25, -0.2) is 8.78 Å². The summed E-state index contributed by atoms with van der Waals surface area (Å²) >= 11 is 0. The van der Waals surface area contributed by atoms with E-state index in [9.17, 15) is 8.78 Å². The van der Waals surface area contributed by atoms with Crippen molar-refractivity contribution in [2.24, 2.45) is 11.7 Å². The van der Waals surface area contributed by atoms with Crippen LogP contribution < -0.4 is 5.73 Å². The first-order valence-corrected chi connectivity index (χ1v) is 6.41. The molecule has 0 amide bonds. The molecule has 2 rings (SSSR count). The van der Waals surface area contributed by atoms with Crippen molar-refractivity contribution in [2.45, 2.75) is 31.8 Å². The summed E-state index contributed by atoms with van der Waals surface area (Å²) in [5.41, 5.74) is 6.25. The minimum absolute atomic E-state index is 0.193. The predicted octanol–water partition coefficient (Wildman–Crippen LogP) is 2.69. The Bertz CT molecular complexity index is 418. The Morgan fingerprint density at radius 2 is 2.06 bits per heavy atom. The normalized spacial score (nSPS) is 19.0. The van der Waals surface area contributed by atoms with Crippen LogP contribution in [0.25, 0.3) is 0 Å². The van der Waals surface area contributed by atoms with Crippen molar-refractivity contribution >= 4 is 0 Å². The maximum absolute atomic E-state index is 13.8. The Labute approximate surface area is 107 Å². The number of nitrogens with zero attached hydrogens (tertiary/aromatic N) is 1. The molecular weight excluding hydrogens is 234 g/mol. The Kier molecular flexibility index (Phi) is 3.97. The van der Waals surface area contributed by atoms with Gasteiger partial charge in [-0.15, -0.1) is 0 Å². The largest absolute Gasteiger partial charge is 0.329 e. The van der Waals surface area contributed by atoms with Gasteiger partial charge >= 0.3 is 0 Å². The van der Waals surface area contributed by atoms with Crippen LogP contribution in [0.1, 0.15) is 31.4 Å². The van der Waals surface area contributed by atoms with E-state index in [2.05, 4.69) is 11.8 Å². The number of rotatable bonds is 5. The van der Waals surface area contributed by atoms with Crippen molar-refractivity contribution in [2.75, 3.05) is 13.6 Å². The average molecular weight is 254 g/mol. The van der Waals surface area contributed by atoms with E-state index in [-0.39, 0.29) is 6.04 Å². The SMILES string of the molecule is CC(C1CC1)N(C)C(CN)c1ccc(F)cc1F. The van der Waals surface area contributed by atoms with E-state index in [0.29, 0.717) is 24.1 Å². The lowest BCUT2D eigenvalue weighted by Crippen LogP contribution is -2.38. The van der Waals surface area contributed by atoms with E-state index in [1.54, 1.807) is 0 Å². The molecule has 0 spiro atoms. The van der Waals surface area contributed by atoms with Gasteiger partial charge in [0, 0.05) is 30.3 Å². The summed E-state index contributed by atoms with van der Waals surface area (Å²) < 4.78 is 26.7. The molecule has 4 heteroatoms. The summed E-state index contributed by atoms with van der Waals surface area (Å²) in [7, 11) is 1.96. The van der Waals surface area contributed by atoms with Crippen LogP contribution in [0.5, 0.6) is 0 Å². The lowest BCUT2D eigenvalue weighted by atomic mass is 10.0. The van der Waals surface area contributed by atoms with E-state index in [4.69, 9.17) is 5.73 Å². The highest BCUT2D eigenvalue weighted by atomic mass is 19.1. The molecule has 1 aliphatic rings. The zero-order valence-corrected chi connectivity index (χ0v) is 10.9. The number of nitrogens with two attached hydrogens (primary N) is 1. The van der Waals surface area contributed by atoms with Gasteiger partial charge in [0.05, 0.1) is 0 Å². The minimum Gasteiger partial charge on any atom is -0.329 e. The second-order valence-electron chi connectivity index (χ2n) is 5.16. The van der Waals surface area contributed by atoms with Gasteiger partial charge < -0.3 is 5.73 Å². The molecule has 18 heavy (non-hydrogen) atoms. The van der Waals surface area contributed by atoms with E-state index < -0.39 is 11.6 Å². The Morgan fingerprint density at radius 1 is 1.39 bits per heavy atom. The highest BCUT2D eigenvalue weighted by Crippen LogP contribution is 2.37. The van der Waals surface area contributed by atoms with Crippen LogP contribution >= 0.6 is 0 Å². The number of likely N-dealkylation sites (N-methyl/N-ethyl adjacent to an activating group) is 1. The Hall–Kier alpha value is -1.00. The number of hydrogen-bond acceptors (Lipinski definition) is 2. The van der Waals surface area contributed by atoms with Gasteiger partial charge in [-0.05, 0) is 38.8 Å². The van der Waals surface area contributed by atoms with Gasteiger partial charge in [-0.1, -0.05) is 6.07 Å². The monoisotopic (exact) mass is 254 g/mol. The summed E-state index contributed by atoms with van der Waals surface area (Å²) in [6.07, 6.45) is 2.46. The fourth-order valence-electron chi connectivity index (χ4n) is 2.48. The molecule has 1 saturated carbocycles. The molecule has 2 nitrogen and oxygen atoms in total. The first-order chi connectivity index (χ1) is 8.54. The van der Waals surface area contributed by atoms with Gasteiger partial charge in [0.2, 0.25) is 0 Å². The van der Waals surface area contributed by atoms with Crippen LogP contribution in [-0.4, -0.2) is 24.5 Å². The third kappa shape index (κ3) is 2.70. The van der Waals surface area contributed by atoms with Gasteiger partial charge in [0.1, 0.15) is 11.6 Å². The smallest absolute Gasteiger partial charge is 0.130 e. The van der Waals surface area contributed by atoms with Gasteiger partial charge in [-0.2, -0.15) is 0 Å². The molecule has 0 aromatic heterocycles. The van der Waals surface area contributed by atoms with Crippen LogP contribution in [0, 0.1) is 17.6 Å². The molecule has 0 heterocycles. The van der Waals surface area contributed by atoms with Gasteiger partial charge in [-0.3, -0.25) is 4.90 Å². The molecule has 0 radical (unpaired) electrons. The summed E-state index contributed by atoms with van der Waals surface area (Å²) in [4.78, 5) is 2.11. The number of benzene rings is 1. The highest BCUT2D eigenvalue weighted by Gasteiger charge is 2.33. The van der Waals surface area contributed by atoms with E-state index in [1.807, 2.05) is 7.05 Å². The van der Waals surface area contributed by atoms with Crippen LogP contribution in [0.15, 0.2) is 18.2 Å². The fraction of sp³-hybridized carbons (Fsp3) is 0.571. The third-order valence-electron chi connectivity index (χ3n) is 3.98. The summed E-state index contributed by atoms with van der Waals surface area (Å²) in [5.74, 6) is -0.377. The lowest BCUT2D eigenvalue weighted by molar-refractivity contribution is 0.168. The number of halogens is 2. The van der Waals surface area contributed by atoms with E-state index >= 15 is 0 Å². The number of hydrogen-bond donors (Lipinski definition) is 1. The first-order valence-electron chi connectivity index (χ1n) is 6.41. The molecule has 100 valence electrons. The van der Waals surface area contributed by atoms with Crippen LogP contribution in [-0.2, 0) is 0 Å². The predicted molar refractivity (Wildman–Crippen MR) is 68.1 cm³/mol. The minimum atomic E-state index is -0.551. The van der Waals surface area contributed by atoms with Crippen molar-refractivity contribution in [1.82, 2.24) is 4.90 Å². The van der Waals surface area contributed by atoms with Crippen LogP contribution in [0.4, 0.5) is 8.78 Å². The maximum atomic E-state index is 13.8. The molecular formula is C14H20F2N2. The van der Waals surface area contributed by atoms with Crippen LogP contribution in [0.2, 0.25) is 0 Å². The van der Waals surface area contributed by atoms with Crippen molar-refractivity contribution in [3.63, 3.8) is 0 Å². The van der Waals surface area contributed by atoms with E-state index in [1.165, 1.54) is 25.0 Å². The van der Waals surface area contributed by atoms with Crippen LogP contribution in [0.3, 0.4) is 0 Å². The first kappa shape index (κ1) is 13.4. The molecule has 1 fully saturated rings. The molecule has 1 aromatic rings. The summed E-state index contributed by atoms with van der Waals surface area (Å²) in [6, 6.07) is 3.90. The van der Waals surface area contributed by atoms with Crippen molar-refractivity contribution < 1.29 is 8.78 Å². The summed E-state index contributed by atoms with van der Waals surface area (Å²) in [5, 5.41) is 0. The Morgan fingerprint density at radius 3 is 2.56 bits per heavy atom. The molecule has 1 aliphatic carbocycles. The molecule has 2 unspecified atom stereocenters. The topological polar surface area (TPSA) is 29.3 Å². The van der Waals surface area contributed by atoms with E-state index in [0.717, 1.165) is 6.07 Å². The second-order valence-corrected chi connectivity index (χ2v) is 5.16. The molecule has 0 aliphatic heterocycles. The zero-order chi connectivity index (χ0) is 13.3. The highest BCUT2D eigenvalue weighted by molar-refractivity contribution is 5.23. The summed E-state index contributed by atoms with van der Waals surface area (Å²) in [6.45, 7) is 2.47. The molecule has 2 atom stereocenters. The molecule has 1 aromatic carbocycles. The lowest BCUT2D eigenvalue weighted by Gasteiger charge is -2.33. The zero-order valence-electron chi connectivity index (χ0n) is 10.9.